The van der Waals surface area contributed by atoms with E-state index in [1.807, 2.05) is 13.1 Å². The largest absolute Gasteiger partial charge is 0.397 e. The normalized spacial score (nSPS) is 12.4. The molecule has 2 aromatic rings. The number of aromatic nitrogens is 2. The van der Waals surface area contributed by atoms with Gasteiger partial charge in [0.15, 0.2) is 0 Å². The molecule has 2 rings (SSSR count). The first-order valence-electron chi connectivity index (χ1n) is 6.18. The molecule has 5 nitrogen and oxygen atoms in total. The van der Waals surface area contributed by atoms with Gasteiger partial charge in [0.05, 0.1) is 11.7 Å². The van der Waals surface area contributed by atoms with Gasteiger partial charge in [-0.1, -0.05) is 6.92 Å². The number of rotatable bonds is 4. The van der Waals surface area contributed by atoms with E-state index in [-0.39, 0.29) is 11.9 Å². The van der Waals surface area contributed by atoms with Crippen molar-refractivity contribution < 1.29 is 4.79 Å². The molecule has 0 aromatic carbocycles. The molecule has 6 heteroatoms. The van der Waals surface area contributed by atoms with Gasteiger partial charge in [-0.3, -0.25) is 4.79 Å². The Bertz CT molecular complexity index is 587. The molecule has 0 aliphatic carbocycles. The summed E-state index contributed by atoms with van der Waals surface area (Å²) in [7, 11) is 1.80. The number of nitrogens with zero attached hydrogens (tertiary/aromatic N) is 2. The van der Waals surface area contributed by atoms with Gasteiger partial charge in [-0.05, 0) is 19.4 Å². The monoisotopic (exact) mass is 278 g/mol. The molecule has 0 fully saturated rings. The summed E-state index contributed by atoms with van der Waals surface area (Å²) in [6.07, 6.45) is 4.55. The molecule has 0 saturated heterocycles. The van der Waals surface area contributed by atoms with Crippen molar-refractivity contribution >= 4 is 22.9 Å². The van der Waals surface area contributed by atoms with Gasteiger partial charge in [0, 0.05) is 24.3 Å². The molecule has 0 aliphatic rings. The third-order valence-corrected chi connectivity index (χ3v) is 4.22. The smallest absolute Gasteiger partial charge is 0.268 e. The fourth-order valence-corrected chi connectivity index (χ4v) is 2.69. The van der Waals surface area contributed by atoms with Crippen LogP contribution in [0.5, 0.6) is 0 Å². The van der Waals surface area contributed by atoms with E-state index in [1.165, 1.54) is 4.88 Å². The molecule has 2 aromatic heterocycles. The van der Waals surface area contributed by atoms with Crippen LogP contribution in [0.25, 0.3) is 0 Å². The number of aryl methyl sites for hydroxylation is 2. The first kappa shape index (κ1) is 13.6. The molecule has 0 spiro atoms. The summed E-state index contributed by atoms with van der Waals surface area (Å²) < 4.78 is 1.72. The molecular weight excluding hydrogens is 260 g/mol. The first-order valence-corrected chi connectivity index (χ1v) is 7.00. The van der Waals surface area contributed by atoms with Gasteiger partial charge in [0.25, 0.3) is 5.91 Å². The molecule has 2 heterocycles. The molecule has 0 radical (unpaired) electrons. The van der Waals surface area contributed by atoms with E-state index in [0.717, 1.165) is 11.4 Å². The van der Waals surface area contributed by atoms with E-state index < -0.39 is 0 Å². The van der Waals surface area contributed by atoms with E-state index in [2.05, 4.69) is 17.2 Å². The SMILES string of the molecule is CCc1cnc(C(C)NC(=O)c2cc(N)cn2C)s1. The van der Waals surface area contributed by atoms with Gasteiger partial charge < -0.3 is 15.6 Å². The predicted molar refractivity (Wildman–Crippen MR) is 77.2 cm³/mol. The second kappa shape index (κ2) is 5.44. The highest BCUT2D eigenvalue weighted by Crippen LogP contribution is 2.20. The lowest BCUT2D eigenvalue weighted by molar-refractivity contribution is 0.0931. The van der Waals surface area contributed by atoms with Crippen LogP contribution in [0.3, 0.4) is 0 Å². The van der Waals surface area contributed by atoms with Crippen molar-refractivity contribution in [3.05, 3.63) is 34.0 Å². The van der Waals surface area contributed by atoms with E-state index in [4.69, 9.17) is 5.73 Å². The third kappa shape index (κ3) is 2.96. The number of carbonyl (C=O) groups excluding carboxylic acids is 1. The minimum atomic E-state index is -0.139. The topological polar surface area (TPSA) is 72.9 Å². The van der Waals surface area contributed by atoms with Gasteiger partial charge in [-0.2, -0.15) is 0 Å². The lowest BCUT2D eigenvalue weighted by Crippen LogP contribution is -2.28. The molecule has 0 aliphatic heterocycles. The second-order valence-corrected chi connectivity index (χ2v) is 5.63. The number of hydrogen-bond donors (Lipinski definition) is 2. The number of nitrogen functional groups attached to an aromatic ring is 1. The summed E-state index contributed by atoms with van der Waals surface area (Å²) in [5, 5.41) is 3.86. The molecule has 0 saturated carbocycles. The molecule has 3 N–H and O–H groups in total. The summed E-state index contributed by atoms with van der Waals surface area (Å²) in [4.78, 5) is 17.7. The van der Waals surface area contributed by atoms with Gasteiger partial charge in [0.1, 0.15) is 10.7 Å². The van der Waals surface area contributed by atoms with Crippen molar-refractivity contribution in [2.75, 3.05) is 5.73 Å². The Hall–Kier alpha value is -1.82. The fourth-order valence-electron chi connectivity index (χ4n) is 1.83. The van der Waals surface area contributed by atoms with Crippen LogP contribution in [0, 0.1) is 0 Å². The Labute approximate surface area is 116 Å². The zero-order valence-corrected chi connectivity index (χ0v) is 12.1. The number of nitrogens with one attached hydrogen (secondary N) is 1. The maximum atomic E-state index is 12.1. The standard InChI is InChI=1S/C13H18N4OS/c1-4-10-6-15-13(19-10)8(2)16-12(18)11-5-9(14)7-17(11)3/h5-8H,4,14H2,1-3H3,(H,16,18). The zero-order chi connectivity index (χ0) is 14.0. The fraction of sp³-hybridized carbons (Fsp3) is 0.385. The molecular formula is C13H18N4OS. The van der Waals surface area contributed by atoms with Crippen LogP contribution >= 0.6 is 11.3 Å². The highest BCUT2D eigenvalue weighted by molar-refractivity contribution is 7.11. The predicted octanol–water partition coefficient (Wildman–Crippen LogP) is 2.12. The van der Waals surface area contributed by atoms with Gasteiger partial charge >= 0.3 is 0 Å². The van der Waals surface area contributed by atoms with E-state index in [9.17, 15) is 4.79 Å². The minimum Gasteiger partial charge on any atom is -0.397 e. The van der Waals surface area contributed by atoms with Crippen LogP contribution in [0.1, 0.15) is 40.3 Å². The Morgan fingerprint density at radius 2 is 2.37 bits per heavy atom. The number of carbonyl (C=O) groups is 1. The van der Waals surface area contributed by atoms with Gasteiger partial charge in [-0.15, -0.1) is 11.3 Å². The van der Waals surface area contributed by atoms with Crippen molar-refractivity contribution in [1.82, 2.24) is 14.9 Å². The number of amides is 1. The van der Waals surface area contributed by atoms with Crippen LogP contribution in [-0.2, 0) is 13.5 Å². The maximum absolute atomic E-state index is 12.1. The van der Waals surface area contributed by atoms with Gasteiger partial charge in [0.2, 0.25) is 0 Å². The lowest BCUT2D eigenvalue weighted by atomic mass is 10.3. The van der Waals surface area contributed by atoms with Gasteiger partial charge in [-0.25, -0.2) is 4.98 Å². The van der Waals surface area contributed by atoms with Crippen LogP contribution < -0.4 is 11.1 Å². The molecule has 19 heavy (non-hydrogen) atoms. The van der Waals surface area contributed by atoms with E-state index in [0.29, 0.717) is 11.4 Å². The van der Waals surface area contributed by atoms with Crippen LogP contribution in [0.4, 0.5) is 5.69 Å². The maximum Gasteiger partial charge on any atom is 0.268 e. The van der Waals surface area contributed by atoms with Crippen molar-refractivity contribution in [2.24, 2.45) is 7.05 Å². The minimum absolute atomic E-state index is 0.103. The van der Waals surface area contributed by atoms with Crippen LogP contribution in [0.15, 0.2) is 18.5 Å². The number of anilines is 1. The highest BCUT2D eigenvalue weighted by atomic mass is 32.1. The average Bonchev–Trinajstić information content (AvgIpc) is 2.95. The number of thiazole rings is 1. The lowest BCUT2D eigenvalue weighted by Gasteiger charge is -2.11. The summed E-state index contributed by atoms with van der Waals surface area (Å²) >= 11 is 1.63. The van der Waals surface area contributed by atoms with Crippen LogP contribution in [0.2, 0.25) is 0 Å². The Morgan fingerprint density at radius 1 is 1.63 bits per heavy atom. The summed E-state index contributed by atoms with van der Waals surface area (Å²) in [5.41, 5.74) is 6.81. The van der Waals surface area contributed by atoms with E-state index in [1.54, 1.807) is 35.2 Å². The number of nitrogens with two attached hydrogens (primary N) is 1. The third-order valence-electron chi connectivity index (χ3n) is 2.90. The Balaban J connectivity index is 2.08. The van der Waals surface area contributed by atoms with Crippen molar-refractivity contribution in [2.45, 2.75) is 26.3 Å². The summed E-state index contributed by atoms with van der Waals surface area (Å²) in [6, 6.07) is 1.57. The Kier molecular flexibility index (Phi) is 3.90. The summed E-state index contributed by atoms with van der Waals surface area (Å²) in [6.45, 7) is 4.02. The molecule has 1 unspecified atom stereocenters. The zero-order valence-electron chi connectivity index (χ0n) is 11.3. The molecule has 102 valence electrons. The number of hydrogen-bond acceptors (Lipinski definition) is 4. The quantitative estimate of drug-likeness (QED) is 0.899. The first-order chi connectivity index (χ1) is 9.01. The van der Waals surface area contributed by atoms with Crippen LogP contribution in [-0.4, -0.2) is 15.5 Å². The summed E-state index contributed by atoms with van der Waals surface area (Å²) in [5.74, 6) is -0.139. The van der Waals surface area contributed by atoms with Crippen molar-refractivity contribution in [3.8, 4) is 0 Å². The molecule has 1 atom stereocenters. The molecule has 1 amide bonds. The Morgan fingerprint density at radius 3 is 2.89 bits per heavy atom. The van der Waals surface area contributed by atoms with Crippen molar-refractivity contribution in [1.29, 1.82) is 0 Å². The second-order valence-electron chi connectivity index (χ2n) is 4.48. The van der Waals surface area contributed by atoms with E-state index >= 15 is 0 Å². The van der Waals surface area contributed by atoms with Crippen molar-refractivity contribution in [3.63, 3.8) is 0 Å². The average molecular weight is 278 g/mol. The molecule has 0 bridgehead atoms. The highest BCUT2D eigenvalue weighted by Gasteiger charge is 2.16.